The zero-order chi connectivity index (χ0) is 34.8. The first-order valence-corrected chi connectivity index (χ1v) is 14.5. The lowest BCUT2D eigenvalue weighted by Gasteiger charge is -2.32. The molecule has 1 aliphatic rings. The molecule has 12 nitrogen and oxygen atoms in total. The molecule has 5 rings (SSSR count). The third kappa shape index (κ3) is 7.07. The van der Waals surface area contributed by atoms with Crippen LogP contribution in [0.4, 0.5) is 31.1 Å². The zero-order valence-electron chi connectivity index (χ0n) is 24.8. The van der Waals surface area contributed by atoms with Crippen molar-refractivity contribution in [3.05, 3.63) is 77.1 Å². The maximum absolute atomic E-state index is 15.6. The lowest BCUT2D eigenvalue weighted by atomic mass is 10.0. The molecule has 0 radical (unpaired) electrons. The van der Waals surface area contributed by atoms with Gasteiger partial charge in [0.25, 0.3) is 5.91 Å². The van der Waals surface area contributed by atoms with Gasteiger partial charge in [-0.1, -0.05) is 23.7 Å². The fourth-order valence-electron chi connectivity index (χ4n) is 4.81. The van der Waals surface area contributed by atoms with Crippen LogP contribution in [0.1, 0.15) is 48.3 Å². The smallest absolute Gasteiger partial charge is 0.411 e. The molecular formula is C29H26ClF6N9O3. The summed E-state index contributed by atoms with van der Waals surface area (Å²) in [6.45, 7) is -2.05. The molecule has 2 amide bonds. The minimum Gasteiger partial charge on any atom is -0.447 e. The summed E-state index contributed by atoms with van der Waals surface area (Å²) in [6, 6.07) is 6.23. The van der Waals surface area contributed by atoms with Crippen molar-refractivity contribution in [1.29, 1.82) is 0 Å². The summed E-state index contributed by atoms with van der Waals surface area (Å²) >= 11 is 6.38. The highest BCUT2D eigenvalue weighted by molar-refractivity contribution is 6.33. The average molecular weight is 698 g/mol. The van der Waals surface area contributed by atoms with E-state index in [0.29, 0.717) is 4.68 Å². The number of aromatic amines is 1. The summed E-state index contributed by atoms with van der Waals surface area (Å²) in [4.78, 5) is 35.7. The van der Waals surface area contributed by atoms with Gasteiger partial charge in [0.1, 0.15) is 24.3 Å². The number of benzene rings is 2. The summed E-state index contributed by atoms with van der Waals surface area (Å²) in [5.41, 5.74) is 4.00. The van der Waals surface area contributed by atoms with Gasteiger partial charge in [0.2, 0.25) is 0 Å². The monoisotopic (exact) mass is 697 g/mol. The third-order valence-electron chi connectivity index (χ3n) is 7.48. The number of amides is 2. The van der Waals surface area contributed by atoms with Crippen LogP contribution in [-0.4, -0.2) is 72.7 Å². The molecule has 4 N–H and O–H groups in total. The van der Waals surface area contributed by atoms with E-state index in [1.54, 1.807) is 6.92 Å². The summed E-state index contributed by atoms with van der Waals surface area (Å²) in [5, 5.41) is 12.0. The number of halogens is 7. The molecule has 0 bridgehead atoms. The summed E-state index contributed by atoms with van der Waals surface area (Å²) in [6.07, 6.45) is -3.53. The van der Waals surface area contributed by atoms with E-state index in [0.717, 1.165) is 29.4 Å². The number of ether oxygens (including phenoxy) is 1. The summed E-state index contributed by atoms with van der Waals surface area (Å²) < 4.78 is 87.8. The van der Waals surface area contributed by atoms with Crippen molar-refractivity contribution in [3.63, 3.8) is 0 Å². The van der Waals surface area contributed by atoms with Crippen LogP contribution in [0.2, 0.25) is 5.02 Å². The van der Waals surface area contributed by atoms with Crippen molar-refractivity contribution in [2.75, 3.05) is 13.2 Å². The van der Waals surface area contributed by atoms with Gasteiger partial charge in [-0.05, 0) is 55.2 Å². The third-order valence-corrected chi connectivity index (χ3v) is 7.81. The van der Waals surface area contributed by atoms with Crippen LogP contribution in [0.3, 0.4) is 0 Å². The molecule has 4 aromatic rings. The van der Waals surface area contributed by atoms with Crippen LogP contribution in [0.5, 0.6) is 0 Å². The Hall–Kier alpha value is -5.13. The number of nitrogens with one attached hydrogen (secondary N) is 2. The van der Waals surface area contributed by atoms with Gasteiger partial charge < -0.3 is 15.8 Å². The van der Waals surface area contributed by atoms with E-state index < -0.39 is 60.3 Å². The van der Waals surface area contributed by atoms with Crippen LogP contribution in [0, 0.1) is 5.82 Å². The highest BCUT2D eigenvalue weighted by atomic mass is 35.5. The number of alkyl carbamates (subject to hydrolysis) is 1. The predicted molar refractivity (Wildman–Crippen MR) is 159 cm³/mol. The summed E-state index contributed by atoms with van der Waals surface area (Å²) in [5.74, 6) is -2.38. The van der Waals surface area contributed by atoms with Crippen molar-refractivity contribution in [1.82, 2.24) is 35.2 Å². The van der Waals surface area contributed by atoms with Crippen LogP contribution in [0.25, 0.3) is 22.5 Å². The van der Waals surface area contributed by atoms with E-state index in [1.165, 1.54) is 30.6 Å². The number of nitrogens with two attached hydrogens (primary N) is 1. The molecule has 0 aliphatic heterocycles. The predicted octanol–water partition coefficient (Wildman–Crippen LogP) is 5.86. The van der Waals surface area contributed by atoms with E-state index in [-0.39, 0.29) is 52.5 Å². The number of hydrogen-bond acceptors (Lipinski definition) is 7. The molecule has 254 valence electrons. The van der Waals surface area contributed by atoms with Gasteiger partial charge in [-0.3, -0.25) is 19.8 Å². The number of carbonyl (C=O) groups excluding carboxylic acids is 2. The minimum atomic E-state index is -4.73. The van der Waals surface area contributed by atoms with Crippen molar-refractivity contribution in [3.8, 4) is 22.5 Å². The van der Waals surface area contributed by atoms with Crippen LogP contribution < -0.4 is 11.1 Å². The van der Waals surface area contributed by atoms with Gasteiger partial charge in [0, 0.05) is 23.9 Å². The second-order valence-corrected chi connectivity index (χ2v) is 11.0. The quantitative estimate of drug-likeness (QED) is 0.106. The molecule has 1 saturated carbocycles. The Bertz CT molecular complexity index is 1830. The maximum Gasteiger partial charge on any atom is 0.411 e. The molecule has 2 heterocycles. The second-order valence-electron chi connectivity index (χ2n) is 10.6. The molecule has 19 heteroatoms. The Balaban J connectivity index is 1.53. The lowest BCUT2D eigenvalue weighted by Crippen LogP contribution is -2.49. The zero-order valence-corrected chi connectivity index (χ0v) is 25.6. The lowest BCUT2D eigenvalue weighted by molar-refractivity contribution is -0.164. The van der Waals surface area contributed by atoms with E-state index >= 15 is 4.39 Å². The van der Waals surface area contributed by atoms with Gasteiger partial charge >= 0.3 is 18.8 Å². The Morgan fingerprint density at radius 2 is 1.96 bits per heavy atom. The van der Waals surface area contributed by atoms with Crippen molar-refractivity contribution in [2.24, 2.45) is 10.7 Å². The number of H-pyrrole nitrogens is 1. The number of nitrogens with zero attached hydrogens (tertiary/aromatic N) is 6. The van der Waals surface area contributed by atoms with Gasteiger partial charge in [-0.2, -0.15) is 32.1 Å². The van der Waals surface area contributed by atoms with E-state index in [4.69, 9.17) is 22.1 Å². The standard InChI is InChI=1S/C29H26ClF6N9O3/c1-2-38-26(37)45(24(46)18-5-3-15(10-21(18)31)17-11-41-44(12-17)25(32)33)22(13-48-27(47)42-28(7-8-28)29(34,35)36)16-4-6-20(30)19(9-16)23-39-14-40-43-23/h3-6,9-12,14,22,25H,2,7-8,13H2,1H3,(H2,37,38)(H,42,47)(H,39,40,43)/t22-/m1/s1. The topological polar surface area (TPSA) is 156 Å². The first-order valence-electron chi connectivity index (χ1n) is 14.2. The Labute approximate surface area is 272 Å². The molecule has 0 saturated heterocycles. The van der Waals surface area contributed by atoms with Crippen molar-refractivity contribution >= 4 is 29.6 Å². The number of alkyl halides is 5. The van der Waals surface area contributed by atoms with Crippen LogP contribution >= 0.6 is 11.6 Å². The van der Waals surface area contributed by atoms with E-state index in [1.807, 2.05) is 5.32 Å². The molecule has 2 aromatic heterocycles. The molecule has 1 atom stereocenters. The van der Waals surface area contributed by atoms with Crippen molar-refractivity contribution < 1.29 is 40.7 Å². The van der Waals surface area contributed by atoms with Gasteiger partial charge in [-0.25, -0.2) is 18.9 Å². The number of guanidine groups is 1. The molecule has 1 fully saturated rings. The largest absolute Gasteiger partial charge is 0.447 e. The highest BCUT2D eigenvalue weighted by Crippen LogP contribution is 2.49. The molecule has 1 aliphatic carbocycles. The van der Waals surface area contributed by atoms with Crippen LogP contribution in [-0.2, 0) is 4.74 Å². The second kappa shape index (κ2) is 13.5. The van der Waals surface area contributed by atoms with Gasteiger partial charge in [-0.15, -0.1) is 0 Å². The van der Waals surface area contributed by atoms with Gasteiger partial charge in [0.15, 0.2) is 11.8 Å². The number of hydrogen-bond donors (Lipinski definition) is 3. The SMILES string of the molecule is CCN=C(N)N(C(=O)c1ccc(-c2cnn(C(F)F)c2)cc1F)[C@H](COC(=O)NC1(C(F)(F)F)CC1)c1ccc(Cl)c(-c2ncn[nH]2)c1. The first-order chi connectivity index (χ1) is 22.7. The Morgan fingerprint density at radius 3 is 2.54 bits per heavy atom. The van der Waals surface area contributed by atoms with Crippen molar-refractivity contribution in [2.45, 2.75) is 44.1 Å². The molecule has 2 aromatic carbocycles. The highest BCUT2D eigenvalue weighted by Gasteiger charge is 2.64. The number of rotatable bonds is 10. The van der Waals surface area contributed by atoms with Gasteiger partial charge in [0.05, 0.1) is 22.8 Å². The normalized spacial score (nSPS) is 14.9. The molecule has 0 spiro atoms. The fourth-order valence-corrected chi connectivity index (χ4v) is 5.02. The number of carbonyl (C=O) groups is 2. The average Bonchev–Trinajstić information content (AvgIpc) is 3.40. The van der Waals surface area contributed by atoms with Crippen LogP contribution in [0.15, 0.2) is 60.1 Å². The fraction of sp³-hybridized carbons (Fsp3) is 0.310. The number of aliphatic imine (C=N–C) groups is 1. The first kappa shape index (κ1) is 34.2. The molecular weight excluding hydrogens is 672 g/mol. The van der Waals surface area contributed by atoms with E-state index in [9.17, 15) is 31.5 Å². The molecule has 48 heavy (non-hydrogen) atoms. The Kier molecular flexibility index (Phi) is 9.65. The Morgan fingerprint density at radius 1 is 1.21 bits per heavy atom. The summed E-state index contributed by atoms with van der Waals surface area (Å²) in [7, 11) is 0. The minimum absolute atomic E-state index is 0.0528. The number of aromatic nitrogens is 5. The molecule has 0 unspecified atom stereocenters. The maximum atomic E-state index is 15.6. The van der Waals surface area contributed by atoms with E-state index in [2.05, 4.69) is 25.3 Å².